The summed E-state index contributed by atoms with van der Waals surface area (Å²) in [5.74, 6) is -0.555. The van der Waals surface area contributed by atoms with Crippen LogP contribution >= 0.6 is 15.9 Å². The number of aromatic amines is 2. The van der Waals surface area contributed by atoms with E-state index in [1.807, 2.05) is 24.3 Å². The molecule has 1 aromatic heterocycles. The predicted octanol–water partition coefficient (Wildman–Crippen LogP) is 1.84. The third-order valence-electron chi connectivity index (χ3n) is 2.49. The average molecular weight is 311 g/mol. The van der Waals surface area contributed by atoms with E-state index in [9.17, 15) is 9.59 Å². The number of ether oxygens (including phenoxy) is 1. The molecule has 0 spiro atoms. The fourth-order valence-electron chi connectivity index (χ4n) is 1.64. The van der Waals surface area contributed by atoms with Gasteiger partial charge in [-0.15, -0.1) is 0 Å². The van der Waals surface area contributed by atoms with Gasteiger partial charge in [0.1, 0.15) is 5.69 Å². The maximum absolute atomic E-state index is 11.5. The Morgan fingerprint density at radius 2 is 1.94 bits per heavy atom. The molecule has 0 aliphatic carbocycles. The number of aromatic nitrogens is 2. The normalized spacial score (nSPS) is 10.3. The Bertz CT molecular complexity index is 613. The van der Waals surface area contributed by atoms with Crippen molar-refractivity contribution in [1.82, 2.24) is 9.97 Å². The highest BCUT2D eigenvalue weighted by Crippen LogP contribution is 2.14. The van der Waals surface area contributed by atoms with E-state index in [-0.39, 0.29) is 5.69 Å². The molecule has 0 radical (unpaired) electrons. The zero-order valence-corrected chi connectivity index (χ0v) is 11.2. The van der Waals surface area contributed by atoms with Gasteiger partial charge in [-0.1, -0.05) is 28.1 Å². The van der Waals surface area contributed by atoms with Crippen molar-refractivity contribution in [3.8, 4) is 0 Å². The van der Waals surface area contributed by atoms with E-state index in [0.717, 1.165) is 10.0 Å². The molecular weight excluding hydrogens is 300 g/mol. The quantitative estimate of drug-likeness (QED) is 0.849. The van der Waals surface area contributed by atoms with Crippen LogP contribution in [0.5, 0.6) is 0 Å². The summed E-state index contributed by atoms with van der Waals surface area (Å²) in [6, 6.07) is 7.63. The number of carbonyl (C=O) groups is 1. The van der Waals surface area contributed by atoms with Gasteiger partial charge in [-0.05, 0) is 17.7 Å². The number of carbonyl (C=O) groups excluding carboxylic acids is 1. The summed E-state index contributed by atoms with van der Waals surface area (Å²) in [6.45, 7) is 0. The SMILES string of the molecule is COC(=O)c1[nH]c(=O)[nH]c1Cc1ccc(Br)cc1. The van der Waals surface area contributed by atoms with Crippen molar-refractivity contribution < 1.29 is 9.53 Å². The molecule has 0 aliphatic rings. The van der Waals surface area contributed by atoms with Crippen molar-refractivity contribution in [2.75, 3.05) is 7.11 Å². The highest BCUT2D eigenvalue weighted by Gasteiger charge is 2.15. The first-order valence-electron chi connectivity index (χ1n) is 5.24. The minimum Gasteiger partial charge on any atom is -0.464 e. The molecule has 2 rings (SSSR count). The van der Waals surface area contributed by atoms with Crippen molar-refractivity contribution >= 4 is 21.9 Å². The Morgan fingerprint density at radius 3 is 2.56 bits per heavy atom. The van der Waals surface area contributed by atoms with Crippen LogP contribution in [-0.4, -0.2) is 23.0 Å². The number of benzene rings is 1. The van der Waals surface area contributed by atoms with Crippen LogP contribution in [0, 0.1) is 0 Å². The van der Waals surface area contributed by atoms with Gasteiger partial charge in [0, 0.05) is 10.9 Å². The van der Waals surface area contributed by atoms with Crippen molar-refractivity contribution in [3.63, 3.8) is 0 Å². The number of esters is 1. The van der Waals surface area contributed by atoms with E-state index in [1.54, 1.807) is 0 Å². The van der Waals surface area contributed by atoms with Gasteiger partial charge in [0.25, 0.3) is 0 Å². The van der Waals surface area contributed by atoms with E-state index in [2.05, 4.69) is 30.6 Å². The maximum atomic E-state index is 11.5. The van der Waals surface area contributed by atoms with E-state index in [1.165, 1.54) is 7.11 Å². The molecule has 0 fully saturated rings. The molecule has 0 bridgehead atoms. The molecule has 1 aromatic carbocycles. The third-order valence-corrected chi connectivity index (χ3v) is 3.02. The molecule has 2 N–H and O–H groups in total. The molecule has 0 saturated carbocycles. The van der Waals surface area contributed by atoms with Crippen LogP contribution in [0.15, 0.2) is 33.5 Å². The predicted molar refractivity (Wildman–Crippen MR) is 69.7 cm³/mol. The summed E-state index contributed by atoms with van der Waals surface area (Å²) in [5, 5.41) is 0. The smallest absolute Gasteiger partial charge is 0.356 e. The first kappa shape index (κ1) is 12.6. The van der Waals surface area contributed by atoms with Crippen molar-refractivity contribution in [2.45, 2.75) is 6.42 Å². The Morgan fingerprint density at radius 1 is 1.28 bits per heavy atom. The molecule has 6 heteroatoms. The molecular formula is C12H11BrN2O3. The molecule has 1 heterocycles. The van der Waals surface area contributed by atoms with Gasteiger partial charge >= 0.3 is 11.7 Å². The molecule has 5 nitrogen and oxygen atoms in total. The lowest BCUT2D eigenvalue weighted by Gasteiger charge is -2.02. The van der Waals surface area contributed by atoms with E-state index >= 15 is 0 Å². The summed E-state index contributed by atoms with van der Waals surface area (Å²) in [4.78, 5) is 27.8. The summed E-state index contributed by atoms with van der Waals surface area (Å²) in [6.07, 6.45) is 0.455. The third kappa shape index (κ3) is 2.70. The Balaban J connectivity index is 2.31. The van der Waals surface area contributed by atoms with Crippen molar-refractivity contribution in [1.29, 1.82) is 0 Å². The molecule has 0 aliphatic heterocycles. The molecule has 0 unspecified atom stereocenters. The average Bonchev–Trinajstić information content (AvgIpc) is 2.72. The monoisotopic (exact) mass is 310 g/mol. The molecule has 0 amide bonds. The summed E-state index contributed by atoms with van der Waals surface area (Å²) < 4.78 is 5.58. The maximum Gasteiger partial charge on any atom is 0.356 e. The van der Waals surface area contributed by atoms with Crippen LogP contribution in [0.25, 0.3) is 0 Å². The van der Waals surface area contributed by atoms with E-state index in [4.69, 9.17) is 0 Å². The van der Waals surface area contributed by atoms with Crippen molar-refractivity contribution in [3.05, 3.63) is 56.2 Å². The van der Waals surface area contributed by atoms with E-state index < -0.39 is 11.7 Å². The number of hydrogen-bond acceptors (Lipinski definition) is 3. The molecule has 0 atom stereocenters. The second kappa shape index (κ2) is 5.22. The van der Waals surface area contributed by atoms with Crippen LogP contribution in [0.4, 0.5) is 0 Å². The Kier molecular flexibility index (Phi) is 3.66. The topological polar surface area (TPSA) is 75.0 Å². The fraction of sp³-hybridized carbons (Fsp3) is 0.167. The first-order valence-corrected chi connectivity index (χ1v) is 6.03. The fourth-order valence-corrected chi connectivity index (χ4v) is 1.90. The van der Waals surface area contributed by atoms with Crippen LogP contribution in [0.3, 0.4) is 0 Å². The highest BCUT2D eigenvalue weighted by atomic mass is 79.9. The number of imidazole rings is 1. The highest BCUT2D eigenvalue weighted by molar-refractivity contribution is 9.10. The summed E-state index contributed by atoms with van der Waals surface area (Å²) in [7, 11) is 1.27. The van der Waals surface area contributed by atoms with Gasteiger partial charge in [-0.3, -0.25) is 4.98 Å². The molecule has 18 heavy (non-hydrogen) atoms. The largest absolute Gasteiger partial charge is 0.464 e. The Hall–Kier alpha value is -1.82. The summed E-state index contributed by atoms with van der Waals surface area (Å²) in [5.41, 5.74) is 1.26. The second-order valence-corrected chi connectivity index (χ2v) is 4.64. The molecule has 94 valence electrons. The molecule has 2 aromatic rings. The zero-order chi connectivity index (χ0) is 13.1. The summed E-state index contributed by atoms with van der Waals surface area (Å²) >= 11 is 3.35. The van der Waals surface area contributed by atoms with Crippen LogP contribution in [0.2, 0.25) is 0 Å². The number of methoxy groups -OCH3 is 1. The van der Waals surface area contributed by atoms with Crippen molar-refractivity contribution in [2.24, 2.45) is 0 Å². The number of H-pyrrole nitrogens is 2. The van der Waals surface area contributed by atoms with Gasteiger partial charge in [0.2, 0.25) is 0 Å². The van der Waals surface area contributed by atoms with Gasteiger partial charge in [-0.2, -0.15) is 0 Å². The molecule has 0 saturated heterocycles. The number of rotatable bonds is 3. The van der Waals surface area contributed by atoms with E-state index in [0.29, 0.717) is 12.1 Å². The standard InChI is InChI=1S/C12H11BrN2O3/c1-18-11(16)10-9(14-12(17)15-10)6-7-2-4-8(13)5-3-7/h2-5H,6H2,1H3,(H2,14,15,17). The second-order valence-electron chi connectivity index (χ2n) is 3.73. The lowest BCUT2D eigenvalue weighted by Crippen LogP contribution is -2.07. The lowest BCUT2D eigenvalue weighted by atomic mass is 10.1. The minimum absolute atomic E-state index is 0.172. The van der Waals surface area contributed by atoms with Gasteiger partial charge in [-0.25, -0.2) is 9.59 Å². The van der Waals surface area contributed by atoms with Crippen LogP contribution in [-0.2, 0) is 11.2 Å². The Labute approximate surface area is 111 Å². The number of hydrogen-bond donors (Lipinski definition) is 2. The van der Waals surface area contributed by atoms with Crippen LogP contribution in [0.1, 0.15) is 21.7 Å². The minimum atomic E-state index is -0.555. The van der Waals surface area contributed by atoms with Gasteiger partial charge in [0.05, 0.1) is 12.8 Å². The first-order chi connectivity index (χ1) is 8.60. The van der Waals surface area contributed by atoms with Gasteiger partial charge in [0.15, 0.2) is 0 Å². The number of nitrogens with one attached hydrogen (secondary N) is 2. The van der Waals surface area contributed by atoms with Gasteiger partial charge < -0.3 is 9.72 Å². The zero-order valence-electron chi connectivity index (χ0n) is 9.62. The number of halogens is 1. The van der Waals surface area contributed by atoms with Crippen LogP contribution < -0.4 is 5.69 Å². The lowest BCUT2D eigenvalue weighted by molar-refractivity contribution is 0.0593.